The van der Waals surface area contributed by atoms with E-state index in [0.29, 0.717) is 18.1 Å². The van der Waals surface area contributed by atoms with Crippen LogP contribution in [-0.4, -0.2) is 5.54 Å². The molecule has 0 atom stereocenters. The topological polar surface area (TPSA) is 26.0 Å². The quantitative estimate of drug-likeness (QED) is 0.700. The highest BCUT2D eigenvalue weighted by atomic mass is 19.4. The third kappa shape index (κ3) is 4.75. The van der Waals surface area contributed by atoms with Crippen LogP contribution in [0.1, 0.15) is 30.5 Å². The number of benzene rings is 2. The van der Waals surface area contributed by atoms with E-state index in [-0.39, 0.29) is 5.56 Å². The summed E-state index contributed by atoms with van der Waals surface area (Å²) in [6, 6.07) is 8.46. The van der Waals surface area contributed by atoms with Crippen LogP contribution in [0.15, 0.2) is 42.5 Å². The number of nitrogens with two attached hydrogens (primary N) is 1. The molecule has 0 fully saturated rings. The summed E-state index contributed by atoms with van der Waals surface area (Å²) in [5.41, 5.74) is 2.16. The Bertz CT molecular complexity index is 753. The molecule has 25 heavy (non-hydrogen) atoms. The normalized spacial score (nSPS) is 13.2. The molecule has 0 aliphatic carbocycles. The van der Waals surface area contributed by atoms with E-state index in [9.17, 15) is 26.3 Å². The van der Waals surface area contributed by atoms with Gasteiger partial charge in [0.25, 0.3) is 0 Å². The fourth-order valence-corrected chi connectivity index (χ4v) is 2.71. The van der Waals surface area contributed by atoms with E-state index >= 15 is 0 Å². The van der Waals surface area contributed by atoms with Gasteiger partial charge in [-0.1, -0.05) is 36.4 Å². The van der Waals surface area contributed by atoms with Crippen LogP contribution in [0.4, 0.5) is 26.3 Å². The Morgan fingerprint density at radius 2 is 1.44 bits per heavy atom. The van der Waals surface area contributed by atoms with E-state index in [1.165, 1.54) is 18.2 Å². The fraction of sp³-hybridized carbons (Fsp3) is 0.333. The smallest absolute Gasteiger partial charge is 0.325 e. The van der Waals surface area contributed by atoms with E-state index in [0.717, 1.165) is 12.1 Å². The Balaban J connectivity index is 2.66. The number of hydrogen-bond acceptors (Lipinski definition) is 1. The molecule has 0 aliphatic heterocycles. The Morgan fingerprint density at radius 3 is 1.96 bits per heavy atom. The summed E-state index contributed by atoms with van der Waals surface area (Å²) < 4.78 is 79.3. The van der Waals surface area contributed by atoms with E-state index in [4.69, 9.17) is 5.73 Å². The zero-order chi connectivity index (χ0) is 19.0. The molecule has 0 radical (unpaired) electrons. The monoisotopic (exact) mass is 361 g/mol. The average molecular weight is 361 g/mol. The van der Waals surface area contributed by atoms with Gasteiger partial charge in [-0.3, -0.25) is 0 Å². The highest BCUT2D eigenvalue weighted by molar-refractivity contribution is 5.70. The lowest BCUT2D eigenvalue weighted by molar-refractivity contribution is -0.161. The molecule has 0 bridgehead atoms. The van der Waals surface area contributed by atoms with E-state index in [1.807, 2.05) is 0 Å². The van der Waals surface area contributed by atoms with Gasteiger partial charge in [0.1, 0.15) is 0 Å². The van der Waals surface area contributed by atoms with Crippen LogP contribution in [0.3, 0.4) is 0 Å². The van der Waals surface area contributed by atoms with Crippen LogP contribution in [0.25, 0.3) is 11.1 Å². The van der Waals surface area contributed by atoms with Gasteiger partial charge in [0, 0.05) is 5.54 Å². The molecular formula is C18H17F6N. The lowest BCUT2D eigenvalue weighted by Crippen LogP contribution is -2.34. The maximum absolute atomic E-state index is 13.4. The Hall–Kier alpha value is -2.02. The molecule has 0 unspecified atom stereocenters. The third-order valence-electron chi connectivity index (χ3n) is 3.55. The van der Waals surface area contributed by atoms with Crippen LogP contribution in [-0.2, 0) is 18.8 Å². The molecule has 1 nitrogen and oxygen atoms in total. The first-order chi connectivity index (χ1) is 11.3. The van der Waals surface area contributed by atoms with Crippen molar-refractivity contribution in [1.29, 1.82) is 0 Å². The van der Waals surface area contributed by atoms with Gasteiger partial charge in [0.2, 0.25) is 0 Å². The lowest BCUT2D eigenvalue weighted by atomic mass is 9.91. The summed E-state index contributed by atoms with van der Waals surface area (Å²) in [6.07, 6.45) is -9.86. The maximum atomic E-state index is 13.4. The second kappa shape index (κ2) is 6.37. The minimum Gasteiger partial charge on any atom is -0.325 e. The summed E-state index contributed by atoms with van der Waals surface area (Å²) in [4.78, 5) is 0. The van der Waals surface area contributed by atoms with Crippen LogP contribution >= 0.6 is 0 Å². The van der Waals surface area contributed by atoms with Gasteiger partial charge in [-0.15, -0.1) is 0 Å². The predicted molar refractivity (Wildman–Crippen MR) is 83.9 cm³/mol. The van der Waals surface area contributed by atoms with E-state index in [1.54, 1.807) is 19.9 Å². The van der Waals surface area contributed by atoms with Crippen molar-refractivity contribution in [3.8, 4) is 11.1 Å². The van der Waals surface area contributed by atoms with E-state index in [2.05, 4.69) is 0 Å². The molecule has 7 heteroatoms. The van der Waals surface area contributed by atoms with Gasteiger partial charge in [-0.05, 0) is 43.0 Å². The summed E-state index contributed by atoms with van der Waals surface area (Å²) >= 11 is 0. The minimum absolute atomic E-state index is 0.0696. The van der Waals surface area contributed by atoms with Gasteiger partial charge in [0.05, 0.1) is 11.1 Å². The van der Waals surface area contributed by atoms with Gasteiger partial charge in [-0.2, -0.15) is 26.3 Å². The molecule has 0 aromatic heterocycles. The lowest BCUT2D eigenvalue weighted by Gasteiger charge is -2.21. The van der Waals surface area contributed by atoms with Crippen molar-refractivity contribution in [1.82, 2.24) is 0 Å². The number of hydrogen-bond donors (Lipinski definition) is 1. The average Bonchev–Trinajstić information content (AvgIpc) is 2.43. The summed E-state index contributed by atoms with van der Waals surface area (Å²) in [7, 11) is 0. The second-order valence-corrected chi connectivity index (χ2v) is 6.59. The number of rotatable bonds is 3. The minimum atomic E-state index is -5.13. The number of halogens is 6. The molecule has 2 rings (SSSR count). The van der Waals surface area contributed by atoms with Crippen molar-refractivity contribution < 1.29 is 26.3 Å². The highest BCUT2D eigenvalue weighted by Crippen LogP contribution is 2.45. The summed E-state index contributed by atoms with van der Waals surface area (Å²) in [6.45, 7) is 3.51. The number of alkyl halides is 6. The van der Waals surface area contributed by atoms with Crippen molar-refractivity contribution >= 4 is 0 Å². The van der Waals surface area contributed by atoms with Crippen LogP contribution in [0.2, 0.25) is 0 Å². The molecule has 2 aromatic rings. The van der Waals surface area contributed by atoms with Crippen molar-refractivity contribution in [2.24, 2.45) is 5.73 Å². The maximum Gasteiger partial charge on any atom is 0.417 e. The molecule has 0 heterocycles. The van der Waals surface area contributed by atoms with Crippen LogP contribution < -0.4 is 5.73 Å². The predicted octanol–water partition coefficient (Wildman–Crippen LogP) is 5.67. The van der Waals surface area contributed by atoms with Crippen molar-refractivity contribution in [2.75, 3.05) is 0 Å². The first-order valence-electron chi connectivity index (χ1n) is 7.45. The molecule has 2 N–H and O–H groups in total. The molecular weight excluding hydrogens is 344 g/mol. The molecule has 2 aromatic carbocycles. The van der Waals surface area contributed by atoms with Gasteiger partial charge >= 0.3 is 12.4 Å². The Kier molecular flexibility index (Phi) is 4.92. The first kappa shape index (κ1) is 19.3. The third-order valence-corrected chi connectivity index (χ3v) is 3.55. The van der Waals surface area contributed by atoms with E-state index < -0.39 is 34.6 Å². The van der Waals surface area contributed by atoms with Crippen LogP contribution in [0.5, 0.6) is 0 Å². The van der Waals surface area contributed by atoms with Crippen molar-refractivity contribution in [2.45, 2.75) is 38.2 Å². The summed E-state index contributed by atoms with van der Waals surface area (Å²) in [5.74, 6) is 0. The summed E-state index contributed by atoms with van der Waals surface area (Å²) in [5, 5.41) is 0. The molecule has 0 amide bonds. The largest absolute Gasteiger partial charge is 0.417 e. The zero-order valence-electron chi connectivity index (χ0n) is 13.6. The molecule has 0 aliphatic rings. The zero-order valence-corrected chi connectivity index (χ0v) is 13.6. The first-order valence-corrected chi connectivity index (χ1v) is 7.45. The molecule has 0 saturated heterocycles. The van der Waals surface area contributed by atoms with Crippen molar-refractivity contribution in [3.05, 3.63) is 59.2 Å². The fourth-order valence-electron chi connectivity index (χ4n) is 2.71. The van der Waals surface area contributed by atoms with Gasteiger partial charge in [-0.25, -0.2) is 0 Å². The SMILES string of the molecule is CC(C)(N)Cc1cccc(-c2cccc(C(F)(F)F)c2C(F)(F)F)c1. The Labute approximate surface area is 141 Å². The van der Waals surface area contributed by atoms with Crippen molar-refractivity contribution in [3.63, 3.8) is 0 Å². The van der Waals surface area contributed by atoms with Gasteiger partial charge in [0.15, 0.2) is 0 Å². The van der Waals surface area contributed by atoms with Crippen LogP contribution in [0, 0.1) is 0 Å². The standard InChI is InChI=1S/C18H17F6N/c1-16(2,25)10-11-5-3-6-12(9-11)13-7-4-8-14(17(19,20)21)15(13)18(22,23)24/h3-9H,10,25H2,1-2H3. The second-order valence-electron chi connectivity index (χ2n) is 6.59. The Morgan fingerprint density at radius 1 is 0.840 bits per heavy atom. The molecule has 136 valence electrons. The highest BCUT2D eigenvalue weighted by Gasteiger charge is 2.44. The molecule has 0 spiro atoms. The van der Waals surface area contributed by atoms with Gasteiger partial charge < -0.3 is 5.73 Å². The molecule has 0 saturated carbocycles.